The third-order valence-corrected chi connectivity index (χ3v) is 6.24. The lowest BCUT2D eigenvalue weighted by molar-refractivity contribution is -0.132. The van der Waals surface area contributed by atoms with Crippen LogP contribution in [-0.2, 0) is 4.79 Å². The van der Waals surface area contributed by atoms with Gasteiger partial charge in [-0.2, -0.15) is 9.78 Å². The summed E-state index contributed by atoms with van der Waals surface area (Å²) in [6, 6.07) is 27.5. The SMILES string of the molecule is COc1ccc(C(=O)Nc2ccc(-c3c(-c4cccc(F)c4)nn(-c4ccc(C)cc4)c3OC(C)=O)cc2)cc1. The summed E-state index contributed by atoms with van der Waals surface area (Å²) < 4.78 is 26.7. The van der Waals surface area contributed by atoms with Crippen LogP contribution in [0.3, 0.4) is 0 Å². The Bertz CT molecular complexity index is 1680. The number of methoxy groups -OCH3 is 1. The summed E-state index contributed by atoms with van der Waals surface area (Å²) in [7, 11) is 1.56. The smallest absolute Gasteiger partial charge is 0.309 e. The highest BCUT2D eigenvalue weighted by molar-refractivity contribution is 6.04. The monoisotopic (exact) mass is 535 g/mol. The fourth-order valence-corrected chi connectivity index (χ4v) is 4.26. The molecule has 4 aromatic carbocycles. The molecule has 8 heteroatoms. The van der Waals surface area contributed by atoms with Crippen molar-refractivity contribution in [2.24, 2.45) is 0 Å². The number of hydrogen-bond acceptors (Lipinski definition) is 5. The molecule has 0 aliphatic heterocycles. The van der Waals surface area contributed by atoms with E-state index in [0.29, 0.717) is 45.1 Å². The third-order valence-electron chi connectivity index (χ3n) is 6.24. The van der Waals surface area contributed by atoms with Crippen LogP contribution in [0.25, 0.3) is 28.1 Å². The van der Waals surface area contributed by atoms with Crippen LogP contribution in [-0.4, -0.2) is 28.8 Å². The standard InChI is InChI=1S/C32H26FN3O4/c1-20-7-15-27(16-8-20)36-32(40-21(2)37)29(30(35-36)24-5-4-6-25(33)19-24)22-9-13-26(14-10-22)34-31(38)23-11-17-28(39-3)18-12-23/h4-19H,1-3H3,(H,34,38). The van der Waals surface area contributed by atoms with Crippen molar-refractivity contribution in [1.82, 2.24) is 9.78 Å². The minimum absolute atomic E-state index is 0.200. The van der Waals surface area contributed by atoms with Crippen LogP contribution < -0.4 is 14.8 Å². The van der Waals surface area contributed by atoms with Gasteiger partial charge in [-0.15, -0.1) is 0 Å². The molecule has 0 aliphatic rings. The molecule has 0 bridgehead atoms. The van der Waals surface area contributed by atoms with Crippen molar-refractivity contribution in [3.8, 4) is 39.7 Å². The van der Waals surface area contributed by atoms with Crippen LogP contribution in [0.4, 0.5) is 10.1 Å². The van der Waals surface area contributed by atoms with Crippen molar-refractivity contribution in [3.05, 3.63) is 114 Å². The van der Waals surface area contributed by atoms with E-state index in [0.717, 1.165) is 5.56 Å². The second-order valence-corrected chi connectivity index (χ2v) is 9.14. The van der Waals surface area contributed by atoms with E-state index in [9.17, 15) is 14.0 Å². The molecule has 0 spiro atoms. The lowest BCUT2D eigenvalue weighted by Crippen LogP contribution is -2.11. The maximum Gasteiger partial charge on any atom is 0.309 e. The van der Waals surface area contributed by atoms with E-state index in [-0.39, 0.29) is 11.8 Å². The summed E-state index contributed by atoms with van der Waals surface area (Å²) in [5, 5.41) is 7.64. The van der Waals surface area contributed by atoms with E-state index in [1.165, 1.54) is 23.7 Å². The number of benzene rings is 4. The number of hydrogen-bond donors (Lipinski definition) is 1. The van der Waals surface area contributed by atoms with E-state index in [1.54, 1.807) is 67.8 Å². The molecule has 0 saturated carbocycles. The van der Waals surface area contributed by atoms with Crippen LogP contribution in [0.15, 0.2) is 97.1 Å². The summed E-state index contributed by atoms with van der Waals surface area (Å²) >= 11 is 0. The van der Waals surface area contributed by atoms with Gasteiger partial charge < -0.3 is 14.8 Å². The van der Waals surface area contributed by atoms with E-state index < -0.39 is 11.8 Å². The predicted octanol–water partition coefficient (Wildman–Crippen LogP) is 6.84. The average Bonchev–Trinajstić information content (AvgIpc) is 3.32. The number of amides is 1. The maximum atomic E-state index is 14.3. The van der Waals surface area contributed by atoms with Crippen LogP contribution in [0.2, 0.25) is 0 Å². The van der Waals surface area contributed by atoms with Crippen molar-refractivity contribution in [2.45, 2.75) is 13.8 Å². The number of anilines is 1. The van der Waals surface area contributed by atoms with E-state index in [4.69, 9.17) is 14.6 Å². The summed E-state index contributed by atoms with van der Waals surface area (Å²) in [4.78, 5) is 24.9. The van der Waals surface area contributed by atoms with E-state index >= 15 is 0 Å². The van der Waals surface area contributed by atoms with Gasteiger partial charge in [0.15, 0.2) is 0 Å². The highest BCUT2D eigenvalue weighted by atomic mass is 19.1. The first-order valence-corrected chi connectivity index (χ1v) is 12.5. The Hall–Kier alpha value is -5.24. The molecule has 1 N–H and O–H groups in total. The van der Waals surface area contributed by atoms with Crippen molar-refractivity contribution < 1.29 is 23.5 Å². The zero-order valence-electron chi connectivity index (χ0n) is 22.1. The second-order valence-electron chi connectivity index (χ2n) is 9.14. The van der Waals surface area contributed by atoms with Gasteiger partial charge in [-0.25, -0.2) is 4.39 Å². The lowest BCUT2D eigenvalue weighted by Gasteiger charge is -2.11. The number of carbonyl (C=O) groups is 2. The highest BCUT2D eigenvalue weighted by Gasteiger charge is 2.25. The van der Waals surface area contributed by atoms with Gasteiger partial charge in [0.05, 0.1) is 18.4 Å². The van der Waals surface area contributed by atoms with Crippen molar-refractivity contribution in [3.63, 3.8) is 0 Å². The molecule has 7 nitrogen and oxygen atoms in total. The Morgan fingerprint density at radius 3 is 2.20 bits per heavy atom. The molecule has 0 saturated heterocycles. The molecule has 0 unspecified atom stereocenters. The normalized spacial score (nSPS) is 10.7. The Balaban J connectivity index is 1.58. The minimum Gasteiger partial charge on any atom is -0.497 e. The lowest BCUT2D eigenvalue weighted by atomic mass is 10.0. The van der Waals surface area contributed by atoms with Gasteiger partial charge in [-0.3, -0.25) is 9.59 Å². The number of aryl methyl sites for hydroxylation is 1. The zero-order chi connectivity index (χ0) is 28.2. The molecular formula is C32H26FN3O4. The zero-order valence-corrected chi connectivity index (χ0v) is 22.1. The number of nitrogens with one attached hydrogen (secondary N) is 1. The molecule has 0 fully saturated rings. The van der Waals surface area contributed by atoms with E-state index in [1.807, 2.05) is 31.2 Å². The molecule has 0 radical (unpaired) electrons. The second kappa shape index (κ2) is 11.2. The van der Waals surface area contributed by atoms with Crippen LogP contribution >= 0.6 is 0 Å². The number of aromatic nitrogens is 2. The molecule has 0 atom stereocenters. The van der Waals surface area contributed by atoms with Crippen LogP contribution in [0.5, 0.6) is 11.6 Å². The number of esters is 1. The van der Waals surface area contributed by atoms with Gasteiger partial charge in [0, 0.05) is 23.7 Å². The molecule has 200 valence electrons. The van der Waals surface area contributed by atoms with Crippen molar-refractivity contribution >= 4 is 17.6 Å². The topological polar surface area (TPSA) is 82.4 Å². The molecule has 40 heavy (non-hydrogen) atoms. The first-order valence-electron chi connectivity index (χ1n) is 12.5. The number of halogens is 1. The quantitative estimate of drug-likeness (QED) is 0.231. The number of ether oxygens (including phenoxy) is 2. The maximum absolute atomic E-state index is 14.3. The van der Waals surface area contributed by atoms with Gasteiger partial charge >= 0.3 is 5.97 Å². The largest absolute Gasteiger partial charge is 0.497 e. The number of nitrogens with zero attached hydrogens (tertiary/aromatic N) is 2. The molecule has 5 rings (SSSR count). The van der Waals surface area contributed by atoms with Gasteiger partial charge in [-0.05, 0) is 73.2 Å². The van der Waals surface area contributed by atoms with Gasteiger partial charge in [-0.1, -0.05) is 42.0 Å². The molecule has 0 aliphatic carbocycles. The Labute approximate surface area is 230 Å². The summed E-state index contributed by atoms with van der Waals surface area (Å²) in [5.74, 6) is -0.360. The van der Waals surface area contributed by atoms with Crippen molar-refractivity contribution in [2.75, 3.05) is 12.4 Å². The Morgan fingerprint density at radius 1 is 0.875 bits per heavy atom. The van der Waals surface area contributed by atoms with Gasteiger partial charge in [0.1, 0.15) is 17.3 Å². The third kappa shape index (κ3) is 5.61. The molecule has 1 aromatic heterocycles. The molecule has 5 aromatic rings. The van der Waals surface area contributed by atoms with Gasteiger partial charge in [0.2, 0.25) is 5.88 Å². The Morgan fingerprint density at radius 2 is 1.57 bits per heavy atom. The van der Waals surface area contributed by atoms with Gasteiger partial charge in [0.25, 0.3) is 5.91 Å². The summed E-state index contributed by atoms with van der Waals surface area (Å²) in [6.45, 7) is 3.29. The molecule has 1 heterocycles. The molecular weight excluding hydrogens is 509 g/mol. The minimum atomic E-state index is -0.524. The average molecular weight is 536 g/mol. The van der Waals surface area contributed by atoms with Crippen LogP contribution in [0.1, 0.15) is 22.8 Å². The fraction of sp³-hybridized carbons (Fsp3) is 0.0938. The summed E-state index contributed by atoms with van der Waals surface area (Å²) in [6.07, 6.45) is 0. The fourth-order valence-electron chi connectivity index (χ4n) is 4.26. The first kappa shape index (κ1) is 26.4. The van der Waals surface area contributed by atoms with Crippen molar-refractivity contribution in [1.29, 1.82) is 0 Å². The number of rotatable bonds is 7. The molecule has 1 amide bonds. The van der Waals surface area contributed by atoms with E-state index in [2.05, 4.69) is 5.32 Å². The summed E-state index contributed by atoms with van der Waals surface area (Å²) in [5.41, 5.74) is 4.91. The first-order chi connectivity index (χ1) is 19.3. The predicted molar refractivity (Wildman–Crippen MR) is 151 cm³/mol. The van der Waals surface area contributed by atoms with Crippen LogP contribution in [0, 0.1) is 12.7 Å². The number of carbonyl (C=O) groups excluding carboxylic acids is 2. The highest BCUT2D eigenvalue weighted by Crippen LogP contribution is 2.41. The Kier molecular flexibility index (Phi) is 7.41.